The number of rotatable bonds is 4. The molecule has 4 rings (SSSR count). The number of piperidine rings is 1. The predicted octanol–water partition coefficient (Wildman–Crippen LogP) is 2.41. The number of anilines is 3. The summed E-state index contributed by atoms with van der Waals surface area (Å²) in [7, 11) is 0. The van der Waals surface area contributed by atoms with Crippen molar-refractivity contribution in [2.45, 2.75) is 25.8 Å². The summed E-state index contributed by atoms with van der Waals surface area (Å²) in [5, 5.41) is 3.14. The number of aryl methyl sites for hydroxylation is 1. The minimum atomic E-state index is -0.0372. The van der Waals surface area contributed by atoms with Crippen LogP contribution in [0.3, 0.4) is 0 Å². The van der Waals surface area contributed by atoms with Crippen molar-refractivity contribution in [3.05, 3.63) is 59.9 Å². The first-order valence-corrected chi connectivity index (χ1v) is 9.98. The van der Waals surface area contributed by atoms with E-state index in [1.807, 2.05) is 43.3 Å². The molecule has 1 fully saturated rings. The highest BCUT2D eigenvalue weighted by atomic mass is 16.1. The zero-order valence-electron chi connectivity index (χ0n) is 16.9. The Labute approximate surface area is 175 Å². The second-order valence-electron chi connectivity index (χ2n) is 7.44. The molecule has 8 heteroatoms. The molecule has 3 heterocycles. The number of amides is 1. The molecule has 2 aromatic heterocycles. The van der Waals surface area contributed by atoms with Crippen molar-refractivity contribution in [2.24, 2.45) is 0 Å². The molecule has 1 amide bonds. The topological polar surface area (TPSA) is 123 Å². The van der Waals surface area contributed by atoms with Gasteiger partial charge in [0.1, 0.15) is 11.6 Å². The molecule has 1 aromatic carbocycles. The van der Waals surface area contributed by atoms with Gasteiger partial charge < -0.3 is 21.7 Å². The quantitative estimate of drug-likeness (QED) is 0.611. The van der Waals surface area contributed by atoms with Crippen LogP contribution in [0.5, 0.6) is 0 Å². The fraction of sp³-hybridized carbons (Fsp3) is 0.273. The fourth-order valence-corrected chi connectivity index (χ4v) is 3.79. The minimum Gasteiger partial charge on any atom is -0.384 e. The Morgan fingerprint density at radius 2 is 1.80 bits per heavy atom. The monoisotopic (exact) mass is 403 g/mol. The molecule has 154 valence electrons. The lowest BCUT2D eigenvalue weighted by molar-refractivity contribution is 0.0931. The van der Waals surface area contributed by atoms with Gasteiger partial charge in [0, 0.05) is 42.0 Å². The van der Waals surface area contributed by atoms with Crippen molar-refractivity contribution in [2.75, 3.05) is 29.5 Å². The molecule has 5 N–H and O–H groups in total. The van der Waals surface area contributed by atoms with E-state index in [-0.39, 0.29) is 17.9 Å². The van der Waals surface area contributed by atoms with Gasteiger partial charge in [0.15, 0.2) is 0 Å². The van der Waals surface area contributed by atoms with Crippen LogP contribution >= 0.6 is 0 Å². The van der Waals surface area contributed by atoms with E-state index in [9.17, 15) is 4.79 Å². The van der Waals surface area contributed by atoms with Crippen LogP contribution in [0, 0.1) is 6.92 Å². The van der Waals surface area contributed by atoms with E-state index < -0.39 is 0 Å². The van der Waals surface area contributed by atoms with E-state index in [0.717, 1.165) is 48.6 Å². The fourth-order valence-electron chi connectivity index (χ4n) is 3.79. The molecule has 0 spiro atoms. The van der Waals surface area contributed by atoms with E-state index in [1.54, 1.807) is 12.3 Å². The van der Waals surface area contributed by atoms with Gasteiger partial charge in [0.05, 0.1) is 5.69 Å². The van der Waals surface area contributed by atoms with Crippen LogP contribution in [-0.2, 0) is 0 Å². The largest absolute Gasteiger partial charge is 0.384 e. The number of aromatic nitrogens is 3. The number of hydrogen-bond acceptors (Lipinski definition) is 7. The number of pyridine rings is 1. The summed E-state index contributed by atoms with van der Waals surface area (Å²) in [6.45, 7) is 3.43. The summed E-state index contributed by atoms with van der Waals surface area (Å²) in [6, 6.07) is 13.1. The Kier molecular flexibility index (Phi) is 5.47. The maximum atomic E-state index is 12.4. The molecule has 1 aliphatic rings. The van der Waals surface area contributed by atoms with Gasteiger partial charge in [-0.3, -0.25) is 4.79 Å². The molecule has 0 radical (unpaired) electrons. The van der Waals surface area contributed by atoms with Crippen molar-refractivity contribution >= 4 is 23.5 Å². The van der Waals surface area contributed by atoms with Crippen molar-refractivity contribution in [3.8, 4) is 11.1 Å². The third-order valence-electron chi connectivity index (χ3n) is 5.33. The summed E-state index contributed by atoms with van der Waals surface area (Å²) in [5.74, 6) is 1.46. The number of carbonyl (C=O) groups excluding carboxylic acids is 1. The van der Waals surface area contributed by atoms with Crippen LogP contribution in [0.1, 0.15) is 28.9 Å². The van der Waals surface area contributed by atoms with Gasteiger partial charge in [-0.1, -0.05) is 18.2 Å². The Hall–Kier alpha value is -3.68. The van der Waals surface area contributed by atoms with Crippen LogP contribution in [-0.4, -0.2) is 40.0 Å². The van der Waals surface area contributed by atoms with Crippen molar-refractivity contribution < 1.29 is 4.79 Å². The second-order valence-corrected chi connectivity index (χ2v) is 7.44. The lowest BCUT2D eigenvalue weighted by Crippen LogP contribution is -2.45. The SMILES string of the molecule is Cc1nc(N)nc(N2CCC(NC(=O)c3ccccc3)CC2)c1-c1ccc(N)nc1. The van der Waals surface area contributed by atoms with Crippen LogP contribution in [0.2, 0.25) is 0 Å². The van der Waals surface area contributed by atoms with E-state index in [4.69, 9.17) is 11.5 Å². The highest BCUT2D eigenvalue weighted by Gasteiger charge is 2.25. The number of nitrogens with two attached hydrogens (primary N) is 2. The zero-order chi connectivity index (χ0) is 21.1. The smallest absolute Gasteiger partial charge is 0.251 e. The van der Waals surface area contributed by atoms with E-state index in [0.29, 0.717) is 11.4 Å². The van der Waals surface area contributed by atoms with Gasteiger partial charge in [-0.25, -0.2) is 9.97 Å². The molecule has 3 aromatic rings. The highest BCUT2D eigenvalue weighted by molar-refractivity contribution is 5.94. The molecular formula is C22H25N7O. The third kappa shape index (κ3) is 4.17. The molecule has 0 unspecified atom stereocenters. The zero-order valence-corrected chi connectivity index (χ0v) is 16.9. The van der Waals surface area contributed by atoms with Gasteiger partial charge in [0.2, 0.25) is 5.95 Å². The molecular weight excluding hydrogens is 378 g/mol. The van der Waals surface area contributed by atoms with Gasteiger partial charge in [-0.05, 0) is 44.0 Å². The van der Waals surface area contributed by atoms with Gasteiger partial charge >= 0.3 is 0 Å². The maximum Gasteiger partial charge on any atom is 0.251 e. The second kappa shape index (κ2) is 8.36. The van der Waals surface area contributed by atoms with Gasteiger partial charge in [-0.15, -0.1) is 0 Å². The van der Waals surface area contributed by atoms with Crippen LogP contribution in [0.4, 0.5) is 17.6 Å². The highest BCUT2D eigenvalue weighted by Crippen LogP contribution is 2.33. The van der Waals surface area contributed by atoms with Gasteiger partial charge in [-0.2, -0.15) is 4.98 Å². The number of nitrogens with zero attached hydrogens (tertiary/aromatic N) is 4. The standard InChI is InChI=1S/C22H25N7O/c1-14-19(16-7-8-18(23)25-13-16)20(28-22(24)26-14)29-11-9-17(10-12-29)27-21(30)15-5-3-2-4-6-15/h2-8,13,17H,9-12H2,1H3,(H2,23,25)(H,27,30)(H2,24,26,28). The molecule has 30 heavy (non-hydrogen) atoms. The first-order valence-electron chi connectivity index (χ1n) is 9.98. The van der Waals surface area contributed by atoms with Crippen molar-refractivity contribution in [3.63, 3.8) is 0 Å². The van der Waals surface area contributed by atoms with Crippen LogP contribution < -0.4 is 21.7 Å². The Morgan fingerprint density at radius 1 is 1.07 bits per heavy atom. The van der Waals surface area contributed by atoms with E-state index in [1.165, 1.54) is 0 Å². The number of nitrogen functional groups attached to an aromatic ring is 2. The Bertz CT molecular complexity index is 1030. The first-order chi connectivity index (χ1) is 14.5. The molecule has 8 nitrogen and oxygen atoms in total. The lowest BCUT2D eigenvalue weighted by Gasteiger charge is -2.34. The van der Waals surface area contributed by atoms with E-state index >= 15 is 0 Å². The molecule has 0 bridgehead atoms. The maximum absolute atomic E-state index is 12.4. The third-order valence-corrected chi connectivity index (χ3v) is 5.33. The molecule has 0 atom stereocenters. The van der Waals surface area contributed by atoms with Gasteiger partial charge in [0.25, 0.3) is 5.91 Å². The number of nitrogens with one attached hydrogen (secondary N) is 1. The van der Waals surface area contributed by atoms with Crippen LogP contribution in [0.15, 0.2) is 48.7 Å². The summed E-state index contributed by atoms with van der Waals surface area (Å²) in [5.41, 5.74) is 15.0. The van der Waals surface area contributed by atoms with E-state index in [2.05, 4.69) is 25.2 Å². The molecule has 0 aliphatic carbocycles. The lowest BCUT2D eigenvalue weighted by atomic mass is 10.0. The number of benzene rings is 1. The average Bonchev–Trinajstić information content (AvgIpc) is 2.75. The normalized spacial score (nSPS) is 14.5. The number of carbonyl (C=O) groups is 1. The van der Waals surface area contributed by atoms with Crippen molar-refractivity contribution in [1.29, 1.82) is 0 Å². The molecule has 0 saturated carbocycles. The number of hydrogen-bond donors (Lipinski definition) is 3. The molecule has 1 saturated heterocycles. The average molecular weight is 403 g/mol. The van der Waals surface area contributed by atoms with Crippen molar-refractivity contribution in [1.82, 2.24) is 20.3 Å². The van der Waals surface area contributed by atoms with Crippen LogP contribution in [0.25, 0.3) is 11.1 Å². The Balaban J connectivity index is 1.51. The summed E-state index contributed by atoms with van der Waals surface area (Å²) < 4.78 is 0. The Morgan fingerprint density at radius 3 is 2.47 bits per heavy atom. The first kappa shape index (κ1) is 19.6. The summed E-state index contributed by atoms with van der Waals surface area (Å²) >= 11 is 0. The predicted molar refractivity (Wildman–Crippen MR) is 118 cm³/mol. The molecule has 1 aliphatic heterocycles. The summed E-state index contributed by atoms with van der Waals surface area (Å²) in [4.78, 5) is 27.7. The minimum absolute atomic E-state index is 0.0372. The summed E-state index contributed by atoms with van der Waals surface area (Å²) in [6.07, 6.45) is 3.37.